The van der Waals surface area contributed by atoms with Crippen molar-refractivity contribution >= 4 is 17.6 Å². The van der Waals surface area contributed by atoms with E-state index in [1.54, 1.807) is 0 Å². The van der Waals surface area contributed by atoms with E-state index in [1.165, 1.54) is 29.8 Å². The average molecular weight is 369 g/mol. The van der Waals surface area contributed by atoms with E-state index in [9.17, 15) is 0 Å². The van der Waals surface area contributed by atoms with Crippen molar-refractivity contribution in [2.45, 2.75) is 38.0 Å². The van der Waals surface area contributed by atoms with Gasteiger partial charge in [0, 0.05) is 56.0 Å². The molecule has 0 aromatic carbocycles. The minimum atomic E-state index is 0.218. The van der Waals surface area contributed by atoms with Gasteiger partial charge in [-0.05, 0) is 32.1 Å². The van der Waals surface area contributed by atoms with Crippen LogP contribution in [0.15, 0.2) is 6.07 Å². The summed E-state index contributed by atoms with van der Waals surface area (Å²) in [5.74, 6) is 3.25. The number of nitrogens with one attached hydrogen (secondary N) is 2. The van der Waals surface area contributed by atoms with Gasteiger partial charge in [-0.3, -0.25) is 10.00 Å². The second-order valence-corrected chi connectivity index (χ2v) is 7.81. The van der Waals surface area contributed by atoms with Crippen LogP contribution in [0.3, 0.4) is 0 Å². The number of aromatic amines is 1. The molecule has 8 heteroatoms. The molecule has 1 saturated heterocycles. The van der Waals surface area contributed by atoms with Crippen LogP contribution in [0.1, 0.15) is 42.1 Å². The van der Waals surface area contributed by atoms with Gasteiger partial charge >= 0.3 is 0 Å². The molecule has 2 aromatic rings. The summed E-state index contributed by atoms with van der Waals surface area (Å²) in [5, 5.41) is 20.2. The molecule has 2 aliphatic carbocycles. The number of H-pyrrole nitrogens is 1. The van der Waals surface area contributed by atoms with Gasteiger partial charge in [0.15, 0.2) is 5.82 Å². The summed E-state index contributed by atoms with van der Waals surface area (Å²) < 4.78 is 0. The molecule has 2 fully saturated rings. The highest BCUT2D eigenvalue weighted by atomic mass is 16.3. The lowest BCUT2D eigenvalue weighted by Crippen LogP contribution is -2.47. The lowest BCUT2D eigenvalue weighted by atomic mass is 10.2. The first-order valence-corrected chi connectivity index (χ1v) is 10.1. The molecule has 2 aromatic heterocycles. The molecule has 3 N–H and O–H groups in total. The summed E-state index contributed by atoms with van der Waals surface area (Å²) in [6, 6.07) is 2.12. The number of rotatable bonds is 6. The van der Waals surface area contributed by atoms with E-state index in [-0.39, 0.29) is 6.61 Å². The Kier molecular flexibility index (Phi) is 4.45. The number of aryl methyl sites for hydroxylation is 1. The zero-order chi connectivity index (χ0) is 18.2. The molecule has 3 aliphatic rings. The minimum Gasteiger partial charge on any atom is -0.395 e. The van der Waals surface area contributed by atoms with Crippen molar-refractivity contribution in [1.82, 2.24) is 25.1 Å². The molecule has 144 valence electrons. The van der Waals surface area contributed by atoms with Crippen molar-refractivity contribution in [2.75, 3.05) is 49.5 Å². The van der Waals surface area contributed by atoms with Gasteiger partial charge < -0.3 is 15.3 Å². The van der Waals surface area contributed by atoms with E-state index in [2.05, 4.69) is 31.4 Å². The van der Waals surface area contributed by atoms with Crippen molar-refractivity contribution in [3.05, 3.63) is 23.0 Å². The number of β-amino-alcohol motifs (C(OH)–C–C–N with tert-alkyl or cyclic N) is 1. The van der Waals surface area contributed by atoms with E-state index in [0.717, 1.165) is 69.6 Å². The maximum absolute atomic E-state index is 9.13. The Morgan fingerprint density at radius 2 is 2.00 bits per heavy atom. The average Bonchev–Trinajstić information content (AvgIpc) is 3.23. The molecule has 1 saturated carbocycles. The predicted octanol–water partition coefficient (Wildman–Crippen LogP) is 1.42. The number of aromatic nitrogens is 4. The highest BCUT2D eigenvalue weighted by Crippen LogP contribution is 2.40. The summed E-state index contributed by atoms with van der Waals surface area (Å²) in [4.78, 5) is 14.3. The number of aliphatic hydroxyl groups excluding tert-OH is 1. The Labute approximate surface area is 159 Å². The van der Waals surface area contributed by atoms with E-state index < -0.39 is 0 Å². The molecule has 8 nitrogen and oxygen atoms in total. The van der Waals surface area contributed by atoms with Crippen molar-refractivity contribution in [3.63, 3.8) is 0 Å². The van der Waals surface area contributed by atoms with Gasteiger partial charge in [-0.2, -0.15) is 10.1 Å². The first-order chi connectivity index (χ1) is 13.3. The molecule has 5 rings (SSSR count). The molecule has 27 heavy (non-hydrogen) atoms. The summed E-state index contributed by atoms with van der Waals surface area (Å²) in [6.07, 6.45) is 5.72. The topological polar surface area (TPSA) is 93.2 Å². The molecule has 0 spiro atoms. The summed E-state index contributed by atoms with van der Waals surface area (Å²) in [5.41, 5.74) is 3.65. The van der Waals surface area contributed by atoms with Crippen molar-refractivity contribution in [3.8, 4) is 0 Å². The maximum atomic E-state index is 9.13. The summed E-state index contributed by atoms with van der Waals surface area (Å²) >= 11 is 0. The van der Waals surface area contributed by atoms with Gasteiger partial charge in [0.25, 0.3) is 0 Å². The zero-order valence-corrected chi connectivity index (χ0v) is 15.6. The van der Waals surface area contributed by atoms with Crippen LogP contribution in [0.25, 0.3) is 0 Å². The van der Waals surface area contributed by atoms with Gasteiger partial charge in [0.2, 0.25) is 5.95 Å². The van der Waals surface area contributed by atoms with Crippen LogP contribution in [0, 0.1) is 0 Å². The van der Waals surface area contributed by atoms with Crippen LogP contribution >= 0.6 is 0 Å². The smallest absolute Gasteiger partial charge is 0.227 e. The molecule has 0 atom stereocenters. The van der Waals surface area contributed by atoms with E-state index in [0.29, 0.717) is 5.92 Å². The van der Waals surface area contributed by atoms with E-state index in [1.807, 2.05) is 0 Å². The van der Waals surface area contributed by atoms with Gasteiger partial charge in [0.05, 0.1) is 12.3 Å². The summed E-state index contributed by atoms with van der Waals surface area (Å²) in [7, 11) is 0. The van der Waals surface area contributed by atoms with E-state index >= 15 is 0 Å². The Morgan fingerprint density at radius 3 is 2.78 bits per heavy atom. The number of anilines is 3. The molecule has 3 heterocycles. The molecular formula is C19H27N7O. The predicted molar refractivity (Wildman–Crippen MR) is 104 cm³/mol. The van der Waals surface area contributed by atoms with Gasteiger partial charge in [-0.25, -0.2) is 4.98 Å². The van der Waals surface area contributed by atoms with Crippen LogP contribution in [0.2, 0.25) is 0 Å². The Morgan fingerprint density at radius 1 is 1.15 bits per heavy atom. The highest BCUT2D eigenvalue weighted by molar-refractivity contribution is 5.60. The third-order valence-electron chi connectivity index (χ3n) is 5.85. The SMILES string of the molecule is OCCN1CCN(c2nc3c(c(Nc4cc(C5CC5)[nH]n4)n2)CCC3)CC1. The third kappa shape index (κ3) is 3.51. The van der Waals surface area contributed by atoms with Crippen molar-refractivity contribution in [2.24, 2.45) is 0 Å². The quantitative estimate of drug-likeness (QED) is 0.709. The number of piperazine rings is 1. The Hall–Kier alpha value is -2.19. The molecule has 1 aliphatic heterocycles. The Bertz CT molecular complexity index is 808. The van der Waals surface area contributed by atoms with Crippen LogP contribution in [0.4, 0.5) is 17.6 Å². The van der Waals surface area contributed by atoms with Gasteiger partial charge in [-0.1, -0.05) is 0 Å². The van der Waals surface area contributed by atoms with Crippen LogP contribution in [-0.4, -0.2) is 69.5 Å². The van der Waals surface area contributed by atoms with Crippen LogP contribution < -0.4 is 10.2 Å². The number of hydrogen-bond acceptors (Lipinski definition) is 7. The fraction of sp³-hybridized carbons (Fsp3) is 0.632. The summed E-state index contributed by atoms with van der Waals surface area (Å²) in [6.45, 7) is 4.63. The second-order valence-electron chi connectivity index (χ2n) is 7.81. The highest BCUT2D eigenvalue weighted by Gasteiger charge is 2.27. The van der Waals surface area contributed by atoms with Crippen LogP contribution in [0.5, 0.6) is 0 Å². The fourth-order valence-electron chi connectivity index (χ4n) is 4.10. The van der Waals surface area contributed by atoms with Crippen molar-refractivity contribution in [1.29, 1.82) is 0 Å². The van der Waals surface area contributed by atoms with Crippen molar-refractivity contribution < 1.29 is 5.11 Å². The van der Waals surface area contributed by atoms with E-state index in [4.69, 9.17) is 15.1 Å². The lowest BCUT2D eigenvalue weighted by Gasteiger charge is -2.34. The third-order valence-corrected chi connectivity index (χ3v) is 5.85. The fourth-order valence-corrected chi connectivity index (χ4v) is 4.10. The lowest BCUT2D eigenvalue weighted by molar-refractivity contribution is 0.188. The molecule has 0 radical (unpaired) electrons. The zero-order valence-electron chi connectivity index (χ0n) is 15.6. The maximum Gasteiger partial charge on any atom is 0.227 e. The first-order valence-electron chi connectivity index (χ1n) is 10.1. The monoisotopic (exact) mass is 369 g/mol. The number of aliphatic hydroxyl groups is 1. The largest absolute Gasteiger partial charge is 0.395 e. The Balaban J connectivity index is 1.36. The van der Waals surface area contributed by atoms with Crippen LogP contribution in [-0.2, 0) is 12.8 Å². The molecule has 0 unspecified atom stereocenters. The second kappa shape index (κ2) is 7.09. The number of fused-ring (bicyclic) bond motifs is 1. The van der Waals surface area contributed by atoms with Gasteiger partial charge in [-0.15, -0.1) is 0 Å². The normalized spacial score (nSPS) is 20.1. The number of hydrogen-bond donors (Lipinski definition) is 3. The minimum absolute atomic E-state index is 0.218. The first kappa shape index (κ1) is 16.9. The standard InChI is InChI=1S/C19H27N7O/c27-11-10-25-6-8-26(9-7-25)19-20-15-3-1-2-14(15)18(22-19)21-17-12-16(23-24-17)13-4-5-13/h12-13,27H,1-11H2,(H2,20,21,22,23,24). The molecule has 0 amide bonds. The molecular weight excluding hydrogens is 342 g/mol. The molecule has 0 bridgehead atoms. The van der Waals surface area contributed by atoms with Gasteiger partial charge in [0.1, 0.15) is 5.82 Å². The number of nitrogens with zero attached hydrogens (tertiary/aromatic N) is 5.